The Hall–Kier alpha value is -2.63. The quantitative estimate of drug-likeness (QED) is 0.814. The molecule has 0 atom stereocenters. The minimum atomic E-state index is -0.228. The number of carbonyl (C=O) groups is 1. The fraction of sp³-hybridized carbons (Fsp3) is 0.389. The summed E-state index contributed by atoms with van der Waals surface area (Å²) in [7, 11) is 1.60. The van der Waals surface area contributed by atoms with Crippen LogP contribution in [-0.4, -0.2) is 40.6 Å². The highest BCUT2D eigenvalue weighted by atomic mass is 16.5. The Balaban J connectivity index is 2.47. The van der Waals surface area contributed by atoms with Crippen molar-refractivity contribution in [2.45, 2.75) is 27.3 Å². The van der Waals surface area contributed by atoms with E-state index in [9.17, 15) is 9.59 Å². The molecular formula is C18H23N3O3. The first-order chi connectivity index (χ1) is 11.5. The van der Waals surface area contributed by atoms with Crippen molar-refractivity contribution in [3.8, 4) is 17.1 Å². The molecule has 0 aliphatic rings. The standard InChI is InChI=1S/C18H23N3O3/c1-5-20(6-2)17(23)12-21-16(22)11-13(3)19-18(21)14-7-9-15(24-4)10-8-14/h7-11H,5-6,12H2,1-4H3. The largest absolute Gasteiger partial charge is 0.497 e. The first-order valence-corrected chi connectivity index (χ1v) is 8.00. The average Bonchev–Trinajstić information content (AvgIpc) is 2.58. The second-order valence-corrected chi connectivity index (χ2v) is 5.44. The van der Waals surface area contributed by atoms with Crippen LogP contribution in [0.25, 0.3) is 11.4 Å². The molecule has 1 aromatic heterocycles. The molecule has 0 saturated heterocycles. The summed E-state index contributed by atoms with van der Waals surface area (Å²) in [6.45, 7) is 6.81. The van der Waals surface area contributed by atoms with Gasteiger partial charge in [-0.05, 0) is 45.0 Å². The molecule has 0 fully saturated rings. The Morgan fingerprint density at radius 2 is 1.83 bits per heavy atom. The van der Waals surface area contributed by atoms with Gasteiger partial charge in [0.15, 0.2) is 0 Å². The van der Waals surface area contributed by atoms with Crippen molar-refractivity contribution in [3.63, 3.8) is 0 Å². The number of rotatable bonds is 6. The van der Waals surface area contributed by atoms with Crippen molar-refractivity contribution in [2.24, 2.45) is 0 Å². The van der Waals surface area contributed by atoms with Crippen LogP contribution in [0.15, 0.2) is 35.1 Å². The van der Waals surface area contributed by atoms with Crippen molar-refractivity contribution in [2.75, 3.05) is 20.2 Å². The summed E-state index contributed by atoms with van der Waals surface area (Å²) in [5, 5.41) is 0. The zero-order chi connectivity index (χ0) is 17.7. The number of amides is 1. The van der Waals surface area contributed by atoms with E-state index in [1.54, 1.807) is 31.1 Å². The summed E-state index contributed by atoms with van der Waals surface area (Å²) >= 11 is 0. The van der Waals surface area contributed by atoms with Crippen molar-refractivity contribution < 1.29 is 9.53 Å². The van der Waals surface area contributed by atoms with Crippen molar-refractivity contribution in [1.29, 1.82) is 0 Å². The highest BCUT2D eigenvalue weighted by molar-refractivity contribution is 5.76. The summed E-state index contributed by atoms with van der Waals surface area (Å²) < 4.78 is 6.58. The summed E-state index contributed by atoms with van der Waals surface area (Å²) in [5.74, 6) is 1.12. The van der Waals surface area contributed by atoms with Crippen LogP contribution in [0.5, 0.6) is 5.75 Å². The van der Waals surface area contributed by atoms with Crippen LogP contribution >= 0.6 is 0 Å². The number of ether oxygens (including phenoxy) is 1. The maximum Gasteiger partial charge on any atom is 0.254 e. The third-order valence-corrected chi connectivity index (χ3v) is 3.89. The molecule has 2 rings (SSSR count). The lowest BCUT2D eigenvalue weighted by Crippen LogP contribution is -2.37. The summed E-state index contributed by atoms with van der Waals surface area (Å²) in [6.07, 6.45) is 0. The molecule has 0 N–H and O–H groups in total. The Bertz CT molecular complexity index is 762. The van der Waals surface area contributed by atoms with Crippen LogP contribution in [0.3, 0.4) is 0 Å². The van der Waals surface area contributed by atoms with Crippen LogP contribution < -0.4 is 10.3 Å². The molecule has 1 aromatic carbocycles. The number of nitrogens with zero attached hydrogens (tertiary/aromatic N) is 3. The summed E-state index contributed by atoms with van der Waals surface area (Å²) in [4.78, 5) is 31.0. The smallest absolute Gasteiger partial charge is 0.254 e. The molecule has 0 aliphatic carbocycles. The normalized spacial score (nSPS) is 10.5. The Morgan fingerprint density at radius 3 is 2.38 bits per heavy atom. The van der Waals surface area contributed by atoms with Gasteiger partial charge in [0.05, 0.1) is 7.11 Å². The molecule has 0 bridgehead atoms. The van der Waals surface area contributed by atoms with Crippen LogP contribution in [0.1, 0.15) is 19.5 Å². The fourth-order valence-corrected chi connectivity index (χ4v) is 2.55. The lowest BCUT2D eigenvalue weighted by Gasteiger charge is -2.20. The van der Waals surface area contributed by atoms with E-state index in [0.717, 1.165) is 11.3 Å². The molecule has 0 aliphatic heterocycles. The molecule has 1 heterocycles. The summed E-state index contributed by atoms with van der Waals surface area (Å²) in [5.41, 5.74) is 1.16. The topological polar surface area (TPSA) is 64.4 Å². The van der Waals surface area contributed by atoms with Crippen LogP contribution in [-0.2, 0) is 11.3 Å². The number of aromatic nitrogens is 2. The van der Waals surface area contributed by atoms with Gasteiger partial charge in [0, 0.05) is 30.4 Å². The van der Waals surface area contributed by atoms with Gasteiger partial charge in [0.25, 0.3) is 5.56 Å². The SMILES string of the molecule is CCN(CC)C(=O)Cn1c(-c2ccc(OC)cc2)nc(C)cc1=O. The van der Waals surface area contributed by atoms with Gasteiger partial charge in [0.2, 0.25) is 5.91 Å². The van der Waals surface area contributed by atoms with E-state index in [1.807, 2.05) is 26.0 Å². The minimum absolute atomic E-state index is 0.0187. The van der Waals surface area contributed by atoms with Crippen molar-refractivity contribution in [1.82, 2.24) is 14.5 Å². The molecule has 128 valence electrons. The summed E-state index contributed by atoms with van der Waals surface area (Å²) in [6, 6.07) is 8.72. The van der Waals surface area contributed by atoms with Crippen molar-refractivity contribution in [3.05, 3.63) is 46.4 Å². The lowest BCUT2D eigenvalue weighted by atomic mass is 10.2. The minimum Gasteiger partial charge on any atom is -0.497 e. The molecule has 0 saturated carbocycles. The zero-order valence-electron chi connectivity index (χ0n) is 14.6. The predicted molar refractivity (Wildman–Crippen MR) is 93.2 cm³/mol. The molecule has 0 radical (unpaired) electrons. The van der Waals surface area contributed by atoms with Gasteiger partial charge in [0.1, 0.15) is 18.1 Å². The van der Waals surface area contributed by atoms with Gasteiger partial charge in [-0.2, -0.15) is 0 Å². The number of methoxy groups -OCH3 is 1. The second-order valence-electron chi connectivity index (χ2n) is 5.44. The van der Waals surface area contributed by atoms with E-state index in [-0.39, 0.29) is 18.0 Å². The highest BCUT2D eigenvalue weighted by Gasteiger charge is 2.16. The monoisotopic (exact) mass is 329 g/mol. The Kier molecular flexibility index (Phi) is 5.73. The number of hydrogen-bond acceptors (Lipinski definition) is 4. The molecule has 24 heavy (non-hydrogen) atoms. The highest BCUT2D eigenvalue weighted by Crippen LogP contribution is 2.20. The van der Waals surface area contributed by atoms with Gasteiger partial charge in [-0.3, -0.25) is 14.2 Å². The van der Waals surface area contributed by atoms with Crippen LogP contribution in [0.2, 0.25) is 0 Å². The van der Waals surface area contributed by atoms with Crippen LogP contribution in [0, 0.1) is 6.92 Å². The van der Waals surface area contributed by atoms with E-state index in [1.165, 1.54) is 10.6 Å². The van der Waals surface area contributed by atoms with E-state index in [2.05, 4.69) is 4.98 Å². The van der Waals surface area contributed by atoms with Gasteiger partial charge < -0.3 is 9.64 Å². The third-order valence-electron chi connectivity index (χ3n) is 3.89. The maximum absolute atomic E-state index is 12.4. The first-order valence-electron chi connectivity index (χ1n) is 8.00. The first kappa shape index (κ1) is 17.7. The zero-order valence-corrected chi connectivity index (χ0v) is 14.6. The number of likely N-dealkylation sites (N-methyl/N-ethyl adjacent to an activating group) is 1. The fourth-order valence-electron chi connectivity index (χ4n) is 2.55. The molecule has 1 amide bonds. The van der Waals surface area contributed by atoms with Crippen LogP contribution in [0.4, 0.5) is 0 Å². The molecule has 6 nitrogen and oxygen atoms in total. The molecule has 2 aromatic rings. The lowest BCUT2D eigenvalue weighted by molar-refractivity contribution is -0.131. The average molecular weight is 329 g/mol. The van der Waals surface area contributed by atoms with E-state index in [0.29, 0.717) is 24.6 Å². The van der Waals surface area contributed by atoms with Gasteiger partial charge >= 0.3 is 0 Å². The molecular weight excluding hydrogens is 306 g/mol. The Morgan fingerprint density at radius 1 is 1.21 bits per heavy atom. The third kappa shape index (κ3) is 3.82. The molecule has 0 spiro atoms. The van der Waals surface area contributed by atoms with Crippen molar-refractivity contribution >= 4 is 5.91 Å². The number of aryl methyl sites for hydroxylation is 1. The number of carbonyl (C=O) groups excluding carboxylic acids is 1. The van der Waals surface area contributed by atoms with Gasteiger partial charge in [-0.15, -0.1) is 0 Å². The second kappa shape index (κ2) is 7.77. The predicted octanol–water partition coefficient (Wildman–Crippen LogP) is 2.10. The van der Waals surface area contributed by atoms with E-state index in [4.69, 9.17) is 4.74 Å². The van der Waals surface area contributed by atoms with E-state index >= 15 is 0 Å². The Labute approximate surface area is 141 Å². The number of benzene rings is 1. The molecule has 0 unspecified atom stereocenters. The number of hydrogen-bond donors (Lipinski definition) is 0. The van der Waals surface area contributed by atoms with Gasteiger partial charge in [-0.1, -0.05) is 0 Å². The van der Waals surface area contributed by atoms with Gasteiger partial charge in [-0.25, -0.2) is 4.98 Å². The maximum atomic E-state index is 12.4. The molecule has 6 heteroatoms. The van der Waals surface area contributed by atoms with E-state index < -0.39 is 0 Å².